The standard InChI is InChI=1S/C20H41N3O5Si.C15H28N2O3.5C6H17NO3Si.2O2Si/c1-19(2)14-16(15-20(3,4)23(19)5)22-18(25)11-10-17(24)21-12-9-13-29(26-6,27-7)28-8;1-14(2)9-11(10-15(3,4)17(14)5)16-12(18)7-8-13(19)20-6;5*1-8-11(9-2,10-3)6-4-5-7;2*1-3-2/h16H,9-15H2,1-8H3,(H,21,24)(H,22,25);11H,7-10H2,1-6H3,(H,16,18);5*4-7H2,1-3H3;;. The molecule has 2 rings (SSSR count). The number of hydrogen-bond donors (Lipinski definition) is 8. The van der Waals surface area contributed by atoms with E-state index in [1.807, 2.05) is 0 Å². The van der Waals surface area contributed by atoms with Crippen molar-refractivity contribution in [3.8, 4) is 0 Å². The van der Waals surface area contributed by atoms with Crippen molar-refractivity contribution in [3.63, 3.8) is 0 Å². The van der Waals surface area contributed by atoms with Crippen molar-refractivity contribution in [2.75, 3.05) is 188 Å². The first kappa shape index (κ1) is 121. The lowest BCUT2D eigenvalue weighted by Gasteiger charge is -2.53. The molecule has 0 aliphatic carbocycles. The van der Waals surface area contributed by atoms with E-state index in [1.165, 1.54) is 7.11 Å². The van der Waals surface area contributed by atoms with Crippen LogP contribution in [-0.2, 0) is 121 Å². The van der Waals surface area contributed by atoms with Crippen LogP contribution in [0.15, 0.2) is 0 Å². The number of methoxy groups -OCH3 is 1. The minimum atomic E-state index is -2.60. The Hall–Kier alpha value is -2.18. The molecule has 2 saturated heterocycles. The van der Waals surface area contributed by atoms with Crippen molar-refractivity contribution in [2.24, 2.45) is 28.7 Å². The number of carbonyl (C=O) groups is 4. The molecule has 0 spiro atoms. The number of nitrogens with zero attached hydrogens (tertiary/aromatic N) is 2. The van der Waals surface area contributed by atoms with Crippen LogP contribution >= 0.6 is 0 Å². The number of amides is 3. The third-order valence-electron chi connectivity index (χ3n) is 18.7. The number of rotatable bonds is 45. The van der Waals surface area contributed by atoms with Crippen molar-refractivity contribution in [3.05, 3.63) is 0 Å². The van der Waals surface area contributed by atoms with E-state index in [0.29, 0.717) is 51.7 Å². The van der Waals surface area contributed by atoms with Crippen LogP contribution < -0.4 is 44.6 Å². The summed E-state index contributed by atoms with van der Waals surface area (Å²) in [6, 6.07) is 4.83. The molecule has 37 nitrogen and oxygen atoms in total. The minimum Gasteiger partial charge on any atom is -0.469 e. The van der Waals surface area contributed by atoms with Crippen LogP contribution in [0.25, 0.3) is 0 Å². The molecule has 3 amide bonds. The Morgan fingerprint density at radius 2 is 0.500 bits per heavy atom. The molecule has 110 heavy (non-hydrogen) atoms. The van der Waals surface area contributed by atoms with E-state index in [0.717, 1.165) is 88.0 Å². The van der Waals surface area contributed by atoms with E-state index < -0.39 is 71.4 Å². The third-order valence-corrected chi connectivity index (χ3v) is 35.7. The van der Waals surface area contributed by atoms with Crippen LogP contribution in [-0.4, -0.2) is 328 Å². The zero-order valence-electron chi connectivity index (χ0n) is 72.8. The van der Waals surface area contributed by atoms with Crippen LogP contribution in [0.5, 0.6) is 0 Å². The number of nitrogens with one attached hydrogen (secondary N) is 3. The minimum absolute atomic E-state index is 0.0161. The lowest BCUT2D eigenvalue weighted by atomic mass is 9.77. The maximum atomic E-state index is 12.3. The van der Waals surface area contributed by atoms with Crippen molar-refractivity contribution in [2.45, 2.75) is 216 Å². The molecule has 0 saturated carbocycles. The molecule has 2 aliphatic rings. The lowest BCUT2D eigenvalue weighted by Crippen LogP contribution is -2.62. The quantitative estimate of drug-likeness (QED) is 0.0246. The number of ether oxygens (including phenoxy) is 1. The predicted molar refractivity (Wildman–Crippen MR) is 434 cm³/mol. The van der Waals surface area contributed by atoms with Crippen LogP contribution in [0, 0.1) is 0 Å². The summed E-state index contributed by atoms with van der Waals surface area (Å²) in [5.41, 5.74) is 26.9. The molecule has 0 aromatic rings. The Labute approximate surface area is 671 Å². The SMILES string of the molecule is COC(=O)CCC(=O)NC1CC(C)(C)N(C)C(C)(C)C1.CO[Si](CCCN)(OC)OC.CO[Si](CCCN)(OC)OC.CO[Si](CCCN)(OC)OC.CO[Si](CCCN)(OC)OC.CO[Si](CCCN)(OC)OC.CO[Si](CCCNC(=O)CCC(=O)NC1CC(C)(C)N(C)C(C)(C)C1)(OC)OC.O=[Si]=O.O=[Si]=O. The highest BCUT2D eigenvalue weighted by molar-refractivity contribution is 6.62. The third kappa shape index (κ3) is 52.5. The van der Waals surface area contributed by atoms with E-state index in [2.05, 4.69) is 100.0 Å². The fourth-order valence-corrected chi connectivity index (χ4v) is 22.1. The Morgan fingerprint density at radius 3 is 0.673 bits per heavy atom. The molecule has 0 aromatic heterocycles. The van der Waals surface area contributed by atoms with Gasteiger partial charge in [-0.15, -0.1) is 0 Å². The van der Waals surface area contributed by atoms with E-state index in [4.69, 9.17) is 126 Å². The van der Waals surface area contributed by atoms with Crippen LogP contribution in [0.2, 0.25) is 36.3 Å². The number of carbonyl (C=O) groups excluding carboxylic acids is 4. The van der Waals surface area contributed by atoms with Gasteiger partial charge in [0.05, 0.1) is 13.5 Å². The summed E-state index contributed by atoms with van der Waals surface area (Å²) in [6.45, 7) is 21.3. The van der Waals surface area contributed by atoms with Crippen LogP contribution in [0.4, 0.5) is 0 Å². The van der Waals surface area contributed by atoms with Gasteiger partial charge in [-0.3, -0.25) is 46.8 Å². The van der Waals surface area contributed by atoms with E-state index >= 15 is 0 Å². The number of esters is 1. The smallest absolute Gasteiger partial charge is 0.469 e. The van der Waals surface area contributed by atoms with Gasteiger partial charge in [0.1, 0.15) is 0 Å². The maximum Gasteiger partial charge on any atom is 0.549 e. The molecule has 13 N–H and O–H groups in total. The van der Waals surface area contributed by atoms with E-state index in [1.54, 1.807) is 128 Å². The first-order chi connectivity index (χ1) is 51.5. The number of likely N-dealkylation sites (tertiary alicyclic amines) is 2. The highest BCUT2D eigenvalue weighted by Crippen LogP contribution is 2.38. The average Bonchev–Trinajstić information content (AvgIpc) is 0.785. The summed E-state index contributed by atoms with van der Waals surface area (Å²) in [6.07, 6.45) is 9.42. The van der Waals surface area contributed by atoms with Gasteiger partial charge in [-0.2, -0.15) is 0 Å². The zero-order valence-corrected chi connectivity index (χ0v) is 80.8. The second-order valence-electron chi connectivity index (χ2n) is 27.1. The Balaban J connectivity index is -0.000000231. The van der Waals surface area contributed by atoms with Crippen molar-refractivity contribution >= 4 is 95.1 Å². The summed E-state index contributed by atoms with van der Waals surface area (Å²) in [4.78, 5) is 52.1. The van der Waals surface area contributed by atoms with Gasteiger partial charge in [0, 0.05) is 224 Å². The molecule has 2 aliphatic heterocycles. The number of nitrogens with two attached hydrogens (primary N) is 5. The van der Waals surface area contributed by atoms with Crippen LogP contribution in [0.1, 0.15) is 145 Å². The maximum absolute atomic E-state index is 12.3. The summed E-state index contributed by atoms with van der Waals surface area (Å²) in [7, 11) is 17.4. The first-order valence-electron chi connectivity index (χ1n) is 36.4. The van der Waals surface area contributed by atoms with Crippen molar-refractivity contribution < 1.29 is 121 Å². The Bertz CT molecular complexity index is 2120. The van der Waals surface area contributed by atoms with Crippen molar-refractivity contribution in [1.82, 2.24) is 25.8 Å². The zero-order chi connectivity index (χ0) is 87.0. The van der Waals surface area contributed by atoms with Crippen molar-refractivity contribution in [1.29, 1.82) is 0 Å². The average molecular weight is 1730 g/mol. The molecular formula is C65H154N10O27Si8. The highest BCUT2D eigenvalue weighted by atomic mass is 28.4. The van der Waals surface area contributed by atoms with E-state index in [9.17, 15) is 19.2 Å². The number of hydrogen-bond acceptors (Lipinski definition) is 34. The first-order valence-corrected chi connectivity index (χ1v) is 49.6. The summed E-state index contributed by atoms with van der Waals surface area (Å²) in [5.74, 6) is -0.602. The molecule has 0 bridgehead atoms. The van der Waals surface area contributed by atoms with Gasteiger partial charge in [0.25, 0.3) is 0 Å². The van der Waals surface area contributed by atoms with Crippen LogP contribution in [0.3, 0.4) is 0 Å². The second-order valence-corrected chi connectivity index (χ2v) is 46.0. The molecule has 0 atom stereocenters. The summed E-state index contributed by atoms with van der Waals surface area (Å²) < 4.78 is 132. The molecule has 45 heteroatoms. The van der Waals surface area contributed by atoms with Gasteiger partial charge >= 0.3 is 77.4 Å². The normalized spacial score (nSPS) is 15.4. The molecule has 0 radical (unpaired) electrons. The van der Waals surface area contributed by atoms with E-state index in [-0.39, 0.29) is 83.6 Å². The Morgan fingerprint density at radius 1 is 0.327 bits per heavy atom. The van der Waals surface area contributed by atoms with Gasteiger partial charge in [-0.05, 0) is 166 Å². The molecule has 0 unspecified atom stereocenters. The Kier molecular flexibility index (Phi) is 75.7. The summed E-state index contributed by atoms with van der Waals surface area (Å²) >= 11 is 0. The molecule has 2 heterocycles. The second kappa shape index (κ2) is 68.8. The fourth-order valence-electron chi connectivity index (χ4n) is 11.6. The monoisotopic (exact) mass is 1730 g/mol. The largest absolute Gasteiger partial charge is 0.549 e. The van der Waals surface area contributed by atoms with Gasteiger partial charge in [-0.1, -0.05) is 0 Å². The molecular weight excluding hydrogens is 1580 g/mol. The van der Waals surface area contributed by atoms with Gasteiger partial charge in [-0.25, -0.2) is 0 Å². The fraction of sp³-hybridized carbons (Fsp3) is 0.938. The lowest BCUT2D eigenvalue weighted by molar-refractivity contribution is -0.142. The topological polar surface area (TPSA) is 485 Å². The highest BCUT2D eigenvalue weighted by Gasteiger charge is 2.46. The predicted octanol–water partition coefficient (Wildman–Crippen LogP) is 3.46. The molecule has 658 valence electrons. The van der Waals surface area contributed by atoms with Gasteiger partial charge < -0.3 is 129 Å². The van der Waals surface area contributed by atoms with Gasteiger partial charge in [0.2, 0.25) is 17.7 Å². The molecule has 0 aromatic carbocycles. The van der Waals surface area contributed by atoms with Gasteiger partial charge in [0.15, 0.2) is 0 Å². The number of piperidine rings is 2. The summed E-state index contributed by atoms with van der Waals surface area (Å²) in [5, 5.41) is 9.03. The molecule has 2 fully saturated rings.